The zero-order valence-corrected chi connectivity index (χ0v) is 21.1. The van der Waals surface area contributed by atoms with Crippen LogP contribution in [0, 0.1) is 13.8 Å². The molecule has 2 atom stereocenters. The second-order valence-electron chi connectivity index (χ2n) is 9.19. The topological polar surface area (TPSA) is 114 Å². The number of hydrogen-bond acceptors (Lipinski definition) is 6. The summed E-state index contributed by atoms with van der Waals surface area (Å²) >= 11 is 0. The number of aryl methyl sites for hydroxylation is 1. The number of carbonyl (C=O) groups excluding carboxylic acids is 4. The third-order valence-electron chi connectivity index (χ3n) is 5.02. The Morgan fingerprint density at radius 1 is 1.06 bits per heavy atom. The fourth-order valence-electron chi connectivity index (χ4n) is 3.27. The Kier molecular flexibility index (Phi) is 9.88. The van der Waals surface area contributed by atoms with E-state index in [9.17, 15) is 19.2 Å². The van der Waals surface area contributed by atoms with Crippen molar-refractivity contribution in [3.05, 3.63) is 34.9 Å². The Bertz CT molecular complexity index is 875. The molecule has 0 spiro atoms. The largest absolute Gasteiger partial charge is 0.468 e. The van der Waals surface area contributed by atoms with Crippen LogP contribution in [-0.2, 0) is 23.9 Å². The molecule has 0 aliphatic rings. The van der Waals surface area contributed by atoms with Crippen LogP contribution in [0.2, 0.25) is 0 Å². The zero-order chi connectivity index (χ0) is 25.5. The highest BCUT2D eigenvalue weighted by molar-refractivity contribution is 5.93. The van der Waals surface area contributed by atoms with Gasteiger partial charge in [0.25, 0.3) is 0 Å². The van der Waals surface area contributed by atoms with Crippen LogP contribution in [-0.4, -0.2) is 60.1 Å². The van der Waals surface area contributed by atoms with Crippen molar-refractivity contribution in [3.8, 4) is 0 Å². The monoisotopic (exact) mass is 463 g/mol. The summed E-state index contributed by atoms with van der Waals surface area (Å²) in [6, 6.07) is 3.13. The van der Waals surface area contributed by atoms with Gasteiger partial charge in [0.1, 0.15) is 24.2 Å². The predicted octanol–water partition coefficient (Wildman–Crippen LogP) is 2.78. The molecule has 184 valence electrons. The minimum atomic E-state index is -1.02. The molecule has 9 nitrogen and oxygen atoms in total. The number of nitrogens with zero attached hydrogens (tertiary/aromatic N) is 1. The third-order valence-corrected chi connectivity index (χ3v) is 5.02. The number of amides is 3. The summed E-state index contributed by atoms with van der Waals surface area (Å²) < 4.78 is 9.86. The Morgan fingerprint density at radius 3 is 2.18 bits per heavy atom. The van der Waals surface area contributed by atoms with E-state index in [1.165, 1.54) is 18.9 Å². The van der Waals surface area contributed by atoms with Crippen molar-refractivity contribution in [3.63, 3.8) is 0 Å². The van der Waals surface area contributed by atoms with E-state index in [1.807, 2.05) is 26.0 Å². The third kappa shape index (κ3) is 8.07. The van der Waals surface area contributed by atoms with Gasteiger partial charge in [0.05, 0.1) is 7.11 Å². The van der Waals surface area contributed by atoms with Crippen LogP contribution in [0.5, 0.6) is 0 Å². The Balaban J connectivity index is 3.36. The average molecular weight is 464 g/mol. The lowest BCUT2D eigenvalue weighted by molar-refractivity contribution is -0.146. The summed E-state index contributed by atoms with van der Waals surface area (Å²) in [4.78, 5) is 52.0. The van der Waals surface area contributed by atoms with Crippen LogP contribution in [0.25, 0.3) is 0 Å². The van der Waals surface area contributed by atoms with Crippen LogP contribution in [0.3, 0.4) is 0 Å². The molecular weight excluding hydrogens is 426 g/mol. The number of rotatable bonds is 8. The van der Waals surface area contributed by atoms with Crippen molar-refractivity contribution in [1.29, 1.82) is 0 Å². The van der Waals surface area contributed by atoms with E-state index in [0.29, 0.717) is 5.56 Å². The highest BCUT2D eigenvalue weighted by Crippen LogP contribution is 2.29. The van der Waals surface area contributed by atoms with E-state index < -0.39 is 47.6 Å². The number of esters is 1. The first-order valence-electron chi connectivity index (χ1n) is 10.9. The van der Waals surface area contributed by atoms with Gasteiger partial charge in [-0.1, -0.05) is 18.2 Å². The Morgan fingerprint density at radius 2 is 1.67 bits per heavy atom. The minimum absolute atomic E-state index is 0.331. The molecule has 0 aliphatic heterocycles. The fourth-order valence-corrected chi connectivity index (χ4v) is 3.27. The molecule has 9 heteroatoms. The lowest BCUT2D eigenvalue weighted by Gasteiger charge is -2.37. The first-order valence-corrected chi connectivity index (χ1v) is 10.9. The molecule has 2 unspecified atom stereocenters. The number of ether oxygens (including phenoxy) is 2. The van der Waals surface area contributed by atoms with Crippen LogP contribution < -0.4 is 10.6 Å². The Labute approximate surface area is 196 Å². The van der Waals surface area contributed by atoms with Crippen molar-refractivity contribution in [1.82, 2.24) is 15.5 Å². The molecule has 3 amide bonds. The molecule has 0 bridgehead atoms. The second-order valence-corrected chi connectivity index (χ2v) is 9.19. The van der Waals surface area contributed by atoms with E-state index in [-0.39, 0.29) is 6.54 Å². The lowest BCUT2D eigenvalue weighted by Crippen LogP contribution is -2.54. The molecule has 0 saturated heterocycles. The minimum Gasteiger partial charge on any atom is -0.468 e. The van der Waals surface area contributed by atoms with Gasteiger partial charge in [0, 0.05) is 6.04 Å². The fraction of sp³-hybridized carbons (Fsp3) is 0.583. The van der Waals surface area contributed by atoms with E-state index in [2.05, 4.69) is 15.4 Å². The molecule has 0 fully saturated rings. The molecule has 0 aliphatic carbocycles. The maximum Gasteiger partial charge on any atom is 0.408 e. The first kappa shape index (κ1) is 27.9. The average Bonchev–Trinajstić information content (AvgIpc) is 2.69. The van der Waals surface area contributed by atoms with Crippen molar-refractivity contribution in [2.24, 2.45) is 0 Å². The van der Waals surface area contributed by atoms with Gasteiger partial charge >= 0.3 is 12.1 Å². The van der Waals surface area contributed by atoms with Gasteiger partial charge in [-0.2, -0.15) is 0 Å². The highest BCUT2D eigenvalue weighted by Gasteiger charge is 2.37. The van der Waals surface area contributed by atoms with Gasteiger partial charge in [0.15, 0.2) is 0 Å². The number of benzene rings is 1. The quantitative estimate of drug-likeness (QED) is 0.573. The van der Waals surface area contributed by atoms with Crippen molar-refractivity contribution < 1.29 is 28.7 Å². The summed E-state index contributed by atoms with van der Waals surface area (Å²) in [5.41, 5.74) is 1.71. The molecule has 1 rings (SSSR count). The van der Waals surface area contributed by atoms with Crippen molar-refractivity contribution in [2.45, 2.75) is 79.1 Å². The molecule has 1 aromatic carbocycles. The van der Waals surface area contributed by atoms with Crippen molar-refractivity contribution in [2.75, 3.05) is 13.7 Å². The Hall–Kier alpha value is -3.10. The van der Waals surface area contributed by atoms with Gasteiger partial charge in [0.2, 0.25) is 11.8 Å². The van der Waals surface area contributed by atoms with E-state index in [1.54, 1.807) is 40.7 Å². The molecule has 1 aromatic rings. The number of methoxy groups -OCH3 is 1. The molecular formula is C24H37N3O6. The number of carbonyl (C=O) groups is 4. The van der Waals surface area contributed by atoms with Crippen LogP contribution in [0.1, 0.15) is 64.3 Å². The molecule has 2 N–H and O–H groups in total. The molecule has 0 heterocycles. The maximum atomic E-state index is 13.5. The molecule has 0 aromatic heterocycles. The predicted molar refractivity (Wildman–Crippen MR) is 124 cm³/mol. The van der Waals surface area contributed by atoms with Gasteiger partial charge in [-0.25, -0.2) is 4.79 Å². The molecule has 0 radical (unpaired) electrons. The number of nitrogens with one attached hydrogen (secondary N) is 2. The summed E-state index contributed by atoms with van der Waals surface area (Å²) in [7, 11) is 1.23. The summed E-state index contributed by atoms with van der Waals surface area (Å²) in [6.45, 7) is 13.7. The van der Waals surface area contributed by atoms with Crippen LogP contribution >= 0.6 is 0 Å². The zero-order valence-electron chi connectivity index (χ0n) is 21.1. The van der Waals surface area contributed by atoms with Crippen LogP contribution in [0.4, 0.5) is 4.79 Å². The highest BCUT2D eigenvalue weighted by atomic mass is 16.6. The summed E-state index contributed by atoms with van der Waals surface area (Å²) in [5, 5.41) is 5.10. The van der Waals surface area contributed by atoms with Gasteiger partial charge in [-0.15, -0.1) is 0 Å². The molecule has 33 heavy (non-hydrogen) atoms. The lowest BCUT2D eigenvalue weighted by atomic mass is 9.94. The number of alkyl carbamates (subject to hydrolysis) is 1. The van der Waals surface area contributed by atoms with Crippen LogP contribution in [0.15, 0.2) is 18.2 Å². The summed E-state index contributed by atoms with van der Waals surface area (Å²) in [6.07, 6.45) is -0.731. The standard InChI is InChI=1S/C24H37N3O6/c1-14(2)27(22(30)17(5)26-23(31)33-24(6,7)8)20(21(29)25-13-19(28)32-9)18-12-10-11-15(3)16(18)4/h10-12,14,17,20H,13H2,1-9H3,(H,25,29)(H,26,31). The van der Waals surface area contributed by atoms with Crippen molar-refractivity contribution >= 4 is 23.9 Å². The van der Waals surface area contributed by atoms with E-state index >= 15 is 0 Å². The first-order chi connectivity index (χ1) is 15.2. The SMILES string of the molecule is COC(=O)CNC(=O)C(c1cccc(C)c1C)N(C(=O)C(C)NC(=O)OC(C)(C)C)C(C)C. The van der Waals surface area contributed by atoms with Gasteiger partial charge in [-0.3, -0.25) is 14.4 Å². The normalized spacial score (nSPS) is 13.0. The van der Waals surface area contributed by atoms with Gasteiger partial charge < -0.3 is 25.0 Å². The maximum absolute atomic E-state index is 13.5. The van der Waals surface area contributed by atoms with Gasteiger partial charge in [-0.05, 0) is 72.1 Å². The summed E-state index contributed by atoms with van der Waals surface area (Å²) in [5.74, 6) is -1.60. The van der Waals surface area contributed by atoms with E-state index in [0.717, 1.165) is 11.1 Å². The smallest absolute Gasteiger partial charge is 0.408 e. The second kappa shape index (κ2) is 11.7. The molecule has 0 saturated carbocycles. The number of hydrogen-bond donors (Lipinski definition) is 2. The van der Waals surface area contributed by atoms with E-state index in [4.69, 9.17) is 4.74 Å².